The van der Waals surface area contributed by atoms with E-state index in [-0.39, 0.29) is 6.23 Å². The van der Waals surface area contributed by atoms with Crippen molar-refractivity contribution in [1.82, 2.24) is 15.2 Å². The fourth-order valence-corrected chi connectivity index (χ4v) is 4.94. The number of nitrogens with one attached hydrogen (secondary N) is 1. The van der Waals surface area contributed by atoms with Crippen LogP contribution in [-0.4, -0.2) is 20.9 Å². The smallest absolute Gasteiger partial charge is 0.247 e. The highest BCUT2D eigenvalue weighted by Crippen LogP contribution is 2.42. The Morgan fingerprint density at radius 3 is 2.96 bits per heavy atom. The number of thioether (sulfide) groups is 1. The lowest BCUT2D eigenvalue weighted by molar-refractivity contribution is 0.228. The molecule has 1 aliphatic rings. The predicted molar refractivity (Wildman–Crippen MR) is 115 cm³/mol. The van der Waals surface area contributed by atoms with Crippen molar-refractivity contribution in [3.8, 4) is 17.1 Å². The Kier molecular flexibility index (Phi) is 5.66. The van der Waals surface area contributed by atoms with E-state index in [0.717, 1.165) is 39.2 Å². The van der Waals surface area contributed by atoms with Crippen LogP contribution in [0.4, 0.5) is 5.69 Å². The van der Waals surface area contributed by atoms with E-state index in [1.807, 2.05) is 18.2 Å². The lowest BCUT2D eigenvalue weighted by Gasteiger charge is -2.18. The molecule has 0 amide bonds. The van der Waals surface area contributed by atoms with Gasteiger partial charge in [-0.3, -0.25) is 0 Å². The molecule has 27 heavy (non-hydrogen) atoms. The third-order valence-corrected chi connectivity index (χ3v) is 6.74. The maximum absolute atomic E-state index is 6.31. The van der Waals surface area contributed by atoms with Gasteiger partial charge in [-0.1, -0.05) is 41.0 Å². The fraction of sp³-hybridized carbons (Fsp3) is 0.316. The van der Waals surface area contributed by atoms with Crippen LogP contribution in [0.2, 0.25) is 0 Å². The maximum atomic E-state index is 6.31. The average Bonchev–Trinajstić information content (AvgIpc) is 3.02. The van der Waals surface area contributed by atoms with Gasteiger partial charge in [0, 0.05) is 21.5 Å². The van der Waals surface area contributed by atoms with Crippen molar-refractivity contribution in [2.24, 2.45) is 0 Å². The minimum Gasteiger partial charge on any atom is -0.447 e. The molecule has 2 aromatic heterocycles. The molecule has 0 aliphatic carbocycles. The highest BCUT2D eigenvalue weighted by molar-refractivity contribution is 9.10. The number of fused-ring (bicyclic) bond motifs is 3. The van der Waals surface area contributed by atoms with Gasteiger partial charge < -0.3 is 10.1 Å². The average molecular weight is 463 g/mol. The Balaban J connectivity index is 1.77. The maximum Gasteiger partial charge on any atom is 0.247 e. The number of ether oxygens (including phenoxy) is 1. The van der Waals surface area contributed by atoms with Crippen LogP contribution in [0, 0.1) is 6.92 Å². The van der Waals surface area contributed by atoms with E-state index in [1.165, 1.54) is 5.56 Å². The lowest BCUT2D eigenvalue weighted by Crippen LogP contribution is -2.16. The Hall–Kier alpha value is -1.64. The van der Waals surface area contributed by atoms with Crippen LogP contribution in [0.15, 0.2) is 39.3 Å². The third-order valence-electron chi connectivity index (χ3n) is 4.26. The molecule has 140 valence electrons. The van der Waals surface area contributed by atoms with Crippen LogP contribution in [0.1, 0.15) is 36.4 Å². The summed E-state index contributed by atoms with van der Waals surface area (Å²) in [7, 11) is 0. The van der Waals surface area contributed by atoms with E-state index in [9.17, 15) is 0 Å². The molecule has 0 saturated carbocycles. The molecule has 0 spiro atoms. The third kappa shape index (κ3) is 3.97. The largest absolute Gasteiger partial charge is 0.447 e. The Morgan fingerprint density at radius 2 is 2.19 bits per heavy atom. The second kappa shape index (κ2) is 8.16. The van der Waals surface area contributed by atoms with Crippen molar-refractivity contribution in [2.45, 2.75) is 38.1 Å². The SMILES string of the molecule is CCCCSc1nnc2c(n1)O[C@H](c1sccc1C)Nc1ccc(Br)cc1-2. The highest BCUT2D eigenvalue weighted by atomic mass is 79.9. The quantitative estimate of drug-likeness (QED) is 0.366. The summed E-state index contributed by atoms with van der Waals surface area (Å²) < 4.78 is 7.28. The van der Waals surface area contributed by atoms with Gasteiger partial charge in [-0.2, -0.15) is 4.98 Å². The van der Waals surface area contributed by atoms with E-state index in [2.05, 4.69) is 61.7 Å². The monoisotopic (exact) mass is 462 g/mol. The van der Waals surface area contributed by atoms with Crippen LogP contribution in [0.5, 0.6) is 5.88 Å². The molecule has 3 heterocycles. The second-order valence-electron chi connectivity index (χ2n) is 6.25. The molecule has 0 unspecified atom stereocenters. The molecular weight excluding hydrogens is 444 g/mol. The van der Waals surface area contributed by atoms with Gasteiger partial charge in [-0.15, -0.1) is 21.5 Å². The van der Waals surface area contributed by atoms with E-state index < -0.39 is 0 Å². The molecule has 1 atom stereocenters. The summed E-state index contributed by atoms with van der Waals surface area (Å²) in [6, 6.07) is 8.16. The number of hydrogen-bond acceptors (Lipinski definition) is 7. The Morgan fingerprint density at radius 1 is 1.30 bits per heavy atom. The van der Waals surface area contributed by atoms with E-state index in [1.54, 1.807) is 23.1 Å². The van der Waals surface area contributed by atoms with Crippen molar-refractivity contribution in [3.05, 3.63) is 44.6 Å². The molecule has 0 radical (unpaired) electrons. The van der Waals surface area contributed by atoms with Gasteiger partial charge in [0.05, 0.1) is 4.88 Å². The van der Waals surface area contributed by atoms with Gasteiger partial charge >= 0.3 is 0 Å². The van der Waals surface area contributed by atoms with Crippen molar-refractivity contribution >= 4 is 44.7 Å². The molecular formula is C19H19BrN4OS2. The van der Waals surface area contributed by atoms with E-state index in [0.29, 0.717) is 16.7 Å². The number of benzene rings is 1. The minimum atomic E-state index is -0.309. The molecule has 8 heteroatoms. The van der Waals surface area contributed by atoms with Crippen LogP contribution >= 0.6 is 39.0 Å². The molecule has 1 aromatic carbocycles. The number of thiophene rings is 1. The molecule has 0 saturated heterocycles. The summed E-state index contributed by atoms with van der Waals surface area (Å²) >= 11 is 6.84. The fourth-order valence-electron chi connectivity index (χ4n) is 2.81. The van der Waals surface area contributed by atoms with Gasteiger partial charge in [-0.25, -0.2) is 0 Å². The number of unbranched alkanes of at least 4 members (excludes halogenated alkanes) is 1. The van der Waals surface area contributed by atoms with Crippen molar-refractivity contribution in [1.29, 1.82) is 0 Å². The van der Waals surface area contributed by atoms with Gasteiger partial charge in [0.1, 0.15) is 0 Å². The summed E-state index contributed by atoms with van der Waals surface area (Å²) in [6.45, 7) is 4.27. The van der Waals surface area contributed by atoms with Crippen LogP contribution in [-0.2, 0) is 0 Å². The molecule has 0 fully saturated rings. The number of hydrogen-bond donors (Lipinski definition) is 1. The first-order valence-electron chi connectivity index (χ1n) is 8.80. The molecule has 0 bridgehead atoms. The first-order valence-corrected chi connectivity index (χ1v) is 11.5. The summed E-state index contributed by atoms with van der Waals surface area (Å²) in [4.78, 5) is 5.81. The predicted octanol–water partition coefficient (Wildman–Crippen LogP) is 6.07. The van der Waals surface area contributed by atoms with Gasteiger partial charge in [0.15, 0.2) is 5.69 Å². The summed E-state index contributed by atoms with van der Waals surface area (Å²) in [5.74, 6) is 1.50. The topological polar surface area (TPSA) is 59.9 Å². The van der Waals surface area contributed by atoms with Gasteiger partial charge in [0.2, 0.25) is 17.3 Å². The minimum absolute atomic E-state index is 0.309. The van der Waals surface area contributed by atoms with E-state index >= 15 is 0 Å². The van der Waals surface area contributed by atoms with Gasteiger partial charge in [0.25, 0.3) is 0 Å². The number of nitrogens with zero attached hydrogens (tertiary/aromatic N) is 3. The highest BCUT2D eigenvalue weighted by Gasteiger charge is 2.27. The summed E-state index contributed by atoms with van der Waals surface area (Å²) in [6.07, 6.45) is 1.96. The molecule has 3 aromatic rings. The zero-order valence-electron chi connectivity index (χ0n) is 15.0. The molecule has 1 aliphatic heterocycles. The number of halogens is 1. The number of anilines is 1. The van der Waals surface area contributed by atoms with Crippen LogP contribution in [0.3, 0.4) is 0 Å². The zero-order valence-corrected chi connectivity index (χ0v) is 18.2. The summed E-state index contributed by atoms with van der Waals surface area (Å²) in [5.41, 5.74) is 3.74. The zero-order chi connectivity index (χ0) is 18.8. The number of aromatic nitrogens is 3. The molecule has 5 nitrogen and oxygen atoms in total. The van der Waals surface area contributed by atoms with Crippen molar-refractivity contribution < 1.29 is 4.74 Å². The Labute approximate surface area is 175 Å². The van der Waals surface area contributed by atoms with Crippen molar-refractivity contribution in [2.75, 3.05) is 11.1 Å². The lowest BCUT2D eigenvalue weighted by atomic mass is 10.1. The number of aryl methyl sites for hydroxylation is 1. The molecule has 1 N–H and O–H groups in total. The Bertz CT molecular complexity index is 963. The normalized spacial score (nSPS) is 15.3. The van der Waals surface area contributed by atoms with Crippen LogP contribution in [0.25, 0.3) is 11.3 Å². The standard InChI is InChI=1S/C19H19BrN4OS2/c1-3-4-8-27-19-22-17-15(23-24-19)13-10-12(20)5-6-14(13)21-18(25-17)16-11(2)7-9-26-16/h5-7,9-10,18,21H,3-4,8H2,1-2H3/t18-/m1/s1. The van der Waals surface area contributed by atoms with Gasteiger partial charge in [-0.05, 0) is 48.6 Å². The second-order valence-corrected chi connectivity index (χ2v) is 9.18. The number of rotatable bonds is 5. The van der Waals surface area contributed by atoms with Crippen molar-refractivity contribution in [3.63, 3.8) is 0 Å². The van der Waals surface area contributed by atoms with E-state index in [4.69, 9.17) is 4.74 Å². The first-order chi connectivity index (χ1) is 13.2. The first kappa shape index (κ1) is 18.7. The molecule has 4 rings (SSSR count). The van der Waals surface area contributed by atoms with Crippen LogP contribution < -0.4 is 10.1 Å². The summed E-state index contributed by atoms with van der Waals surface area (Å²) in [5, 5.41) is 15.0.